The van der Waals surface area contributed by atoms with Crippen LogP contribution in [0.4, 0.5) is 0 Å². The van der Waals surface area contributed by atoms with Crippen LogP contribution in [0.5, 0.6) is 0 Å². The Kier molecular flexibility index (Phi) is 4.49. The van der Waals surface area contributed by atoms with Crippen LogP contribution in [0.2, 0.25) is 0 Å². The maximum absolute atomic E-state index is 13.0. The van der Waals surface area contributed by atoms with E-state index in [1.807, 2.05) is 24.3 Å². The van der Waals surface area contributed by atoms with Crippen LogP contribution in [0.25, 0.3) is 16.9 Å². The number of halogens is 1. The minimum absolute atomic E-state index is 0. The van der Waals surface area contributed by atoms with Gasteiger partial charge in [-0.3, -0.25) is 14.3 Å². The number of hydrogen-bond acceptors (Lipinski definition) is 4. The number of fused-ring (bicyclic) bond motifs is 1. The first-order valence-electron chi connectivity index (χ1n) is 7.40. The Hall–Kier alpha value is -3.19. The van der Waals surface area contributed by atoms with Crippen molar-refractivity contribution in [1.82, 2.24) is 24.1 Å². The second-order valence-electron chi connectivity index (χ2n) is 5.27. The highest BCUT2D eigenvalue weighted by molar-refractivity contribution is 5.85. The average molecular weight is 356 g/mol. The Balaban J connectivity index is 0.00000182. The number of rotatable bonds is 3. The van der Waals surface area contributed by atoms with E-state index in [0.29, 0.717) is 17.0 Å². The lowest BCUT2D eigenvalue weighted by Crippen LogP contribution is -2.40. The lowest BCUT2D eigenvalue weighted by atomic mass is 10.3. The molecule has 0 saturated carbocycles. The standard InChI is InChI=1S/C17H13N5O2.ClH/c23-16-14-15(20-11-19-14)22(13-7-2-1-3-8-13)17(24)21(16)10-12-6-4-5-9-18-12;/h1-9,11H,10H2,(H,19,20);1H. The van der Waals surface area contributed by atoms with E-state index in [2.05, 4.69) is 15.0 Å². The molecular weight excluding hydrogens is 342 g/mol. The van der Waals surface area contributed by atoms with E-state index in [1.54, 1.807) is 30.5 Å². The molecule has 3 heterocycles. The smallest absolute Gasteiger partial charge is 0.337 e. The van der Waals surface area contributed by atoms with E-state index in [9.17, 15) is 9.59 Å². The van der Waals surface area contributed by atoms with Gasteiger partial charge in [-0.05, 0) is 24.3 Å². The fraction of sp³-hybridized carbons (Fsp3) is 0.0588. The number of nitrogens with zero attached hydrogens (tertiary/aromatic N) is 4. The van der Waals surface area contributed by atoms with Crippen molar-refractivity contribution < 1.29 is 0 Å². The second-order valence-corrected chi connectivity index (χ2v) is 5.27. The minimum Gasteiger partial charge on any atom is -0.339 e. The van der Waals surface area contributed by atoms with Crippen LogP contribution in [0.3, 0.4) is 0 Å². The summed E-state index contributed by atoms with van der Waals surface area (Å²) in [5.41, 5.74) is 1.02. The lowest BCUT2D eigenvalue weighted by Gasteiger charge is -2.11. The number of para-hydroxylation sites is 1. The van der Waals surface area contributed by atoms with Crippen molar-refractivity contribution >= 4 is 23.6 Å². The third-order valence-corrected chi connectivity index (χ3v) is 3.77. The van der Waals surface area contributed by atoms with Crippen molar-refractivity contribution in [3.63, 3.8) is 0 Å². The van der Waals surface area contributed by atoms with Crippen molar-refractivity contribution in [2.45, 2.75) is 6.54 Å². The van der Waals surface area contributed by atoms with Gasteiger partial charge in [-0.25, -0.2) is 14.3 Å². The Labute approximate surface area is 148 Å². The first kappa shape index (κ1) is 16.7. The number of benzene rings is 1. The summed E-state index contributed by atoms with van der Waals surface area (Å²) in [7, 11) is 0. The van der Waals surface area contributed by atoms with Gasteiger partial charge < -0.3 is 4.98 Å². The van der Waals surface area contributed by atoms with Gasteiger partial charge in [0.2, 0.25) is 0 Å². The first-order chi connectivity index (χ1) is 11.8. The van der Waals surface area contributed by atoms with Crippen LogP contribution in [-0.2, 0) is 6.54 Å². The highest BCUT2D eigenvalue weighted by Gasteiger charge is 2.16. The molecule has 0 atom stereocenters. The molecule has 3 aromatic heterocycles. The molecule has 0 aliphatic carbocycles. The zero-order chi connectivity index (χ0) is 16.5. The summed E-state index contributed by atoms with van der Waals surface area (Å²) in [6.07, 6.45) is 3.04. The molecule has 7 nitrogen and oxygen atoms in total. The van der Waals surface area contributed by atoms with Crippen LogP contribution in [0.1, 0.15) is 5.69 Å². The van der Waals surface area contributed by atoms with Crippen molar-refractivity contribution in [3.8, 4) is 5.69 Å². The lowest BCUT2D eigenvalue weighted by molar-refractivity contribution is 0.671. The van der Waals surface area contributed by atoms with Gasteiger partial charge in [0, 0.05) is 6.20 Å². The third kappa shape index (κ3) is 2.85. The summed E-state index contributed by atoms with van der Waals surface area (Å²) in [6.45, 7) is 0.0975. The Morgan fingerprint density at radius 1 is 0.960 bits per heavy atom. The molecule has 1 N–H and O–H groups in total. The molecule has 0 amide bonds. The summed E-state index contributed by atoms with van der Waals surface area (Å²) >= 11 is 0. The van der Waals surface area contributed by atoms with Crippen molar-refractivity contribution in [2.75, 3.05) is 0 Å². The topological polar surface area (TPSA) is 85.6 Å². The summed E-state index contributed by atoms with van der Waals surface area (Å²) in [5, 5.41) is 0. The molecule has 0 unspecified atom stereocenters. The monoisotopic (exact) mass is 355 g/mol. The van der Waals surface area contributed by atoms with E-state index < -0.39 is 11.2 Å². The van der Waals surface area contributed by atoms with Gasteiger partial charge in [-0.15, -0.1) is 12.4 Å². The van der Waals surface area contributed by atoms with E-state index in [4.69, 9.17) is 0 Å². The summed E-state index contributed by atoms with van der Waals surface area (Å²) in [5.74, 6) is 0. The zero-order valence-corrected chi connectivity index (χ0v) is 13.8. The van der Waals surface area contributed by atoms with Gasteiger partial charge in [0.15, 0.2) is 5.65 Å². The molecule has 4 aromatic rings. The number of imidazole rings is 1. The van der Waals surface area contributed by atoms with Crippen LogP contribution >= 0.6 is 12.4 Å². The molecule has 8 heteroatoms. The maximum Gasteiger partial charge on any atom is 0.337 e. The fourth-order valence-electron chi connectivity index (χ4n) is 2.65. The van der Waals surface area contributed by atoms with Gasteiger partial charge in [-0.2, -0.15) is 0 Å². The molecule has 126 valence electrons. The largest absolute Gasteiger partial charge is 0.339 e. The number of aromatic nitrogens is 5. The predicted molar refractivity (Wildman–Crippen MR) is 96.5 cm³/mol. The van der Waals surface area contributed by atoms with E-state index in [1.165, 1.54) is 10.9 Å². The number of hydrogen-bond donors (Lipinski definition) is 1. The van der Waals surface area contributed by atoms with Crippen molar-refractivity contribution in [2.24, 2.45) is 0 Å². The number of H-pyrrole nitrogens is 1. The molecule has 4 rings (SSSR count). The molecule has 0 fully saturated rings. The highest BCUT2D eigenvalue weighted by Crippen LogP contribution is 2.10. The summed E-state index contributed by atoms with van der Waals surface area (Å²) in [4.78, 5) is 36.8. The van der Waals surface area contributed by atoms with Gasteiger partial charge in [0.05, 0.1) is 24.3 Å². The average Bonchev–Trinajstić information content (AvgIpc) is 3.10. The molecule has 0 saturated heterocycles. The van der Waals surface area contributed by atoms with Gasteiger partial charge >= 0.3 is 5.69 Å². The molecule has 0 bridgehead atoms. The van der Waals surface area contributed by atoms with Crippen molar-refractivity contribution in [1.29, 1.82) is 0 Å². The predicted octanol–water partition coefficient (Wildman–Crippen LogP) is 1.74. The van der Waals surface area contributed by atoms with E-state index in [-0.39, 0.29) is 24.5 Å². The van der Waals surface area contributed by atoms with Crippen LogP contribution < -0.4 is 11.2 Å². The van der Waals surface area contributed by atoms with Crippen molar-refractivity contribution in [3.05, 3.63) is 87.6 Å². The minimum atomic E-state index is -0.448. The Morgan fingerprint density at radius 3 is 2.44 bits per heavy atom. The Bertz CT molecular complexity index is 1120. The third-order valence-electron chi connectivity index (χ3n) is 3.77. The molecule has 0 spiro atoms. The van der Waals surface area contributed by atoms with Crippen LogP contribution in [0.15, 0.2) is 70.6 Å². The molecule has 0 aliphatic heterocycles. The number of nitrogens with one attached hydrogen (secondary N) is 1. The number of aromatic amines is 1. The molecule has 1 aromatic carbocycles. The normalized spacial score (nSPS) is 10.6. The molecular formula is C17H14ClN5O2. The number of pyridine rings is 1. The van der Waals surface area contributed by atoms with Gasteiger partial charge in [0.1, 0.15) is 5.52 Å². The maximum atomic E-state index is 13.0. The van der Waals surface area contributed by atoms with Gasteiger partial charge in [-0.1, -0.05) is 24.3 Å². The van der Waals surface area contributed by atoms with Crippen LogP contribution in [-0.4, -0.2) is 24.1 Å². The fourth-order valence-corrected chi connectivity index (χ4v) is 2.65. The van der Waals surface area contributed by atoms with Gasteiger partial charge in [0.25, 0.3) is 5.56 Å². The van der Waals surface area contributed by atoms with E-state index >= 15 is 0 Å². The molecule has 0 radical (unpaired) electrons. The highest BCUT2D eigenvalue weighted by atomic mass is 35.5. The zero-order valence-electron chi connectivity index (χ0n) is 13.0. The Morgan fingerprint density at radius 2 is 1.72 bits per heavy atom. The quantitative estimate of drug-likeness (QED) is 0.606. The van der Waals surface area contributed by atoms with Crippen LogP contribution in [0, 0.1) is 0 Å². The second kappa shape index (κ2) is 6.74. The molecule has 0 aliphatic rings. The first-order valence-corrected chi connectivity index (χ1v) is 7.40. The SMILES string of the molecule is Cl.O=c1c2[nH]cnc2n(-c2ccccc2)c(=O)n1Cc1ccccn1. The molecule has 25 heavy (non-hydrogen) atoms. The summed E-state index contributed by atoms with van der Waals surface area (Å²) in [6, 6.07) is 14.5. The van der Waals surface area contributed by atoms with E-state index in [0.717, 1.165) is 4.57 Å². The summed E-state index contributed by atoms with van der Waals surface area (Å²) < 4.78 is 2.59.